The van der Waals surface area contributed by atoms with E-state index >= 15 is 0 Å². The van der Waals surface area contributed by atoms with Crippen molar-refractivity contribution >= 4 is 23.4 Å². The van der Waals surface area contributed by atoms with Crippen LogP contribution in [0.5, 0.6) is 0 Å². The molecule has 8 heteroatoms. The van der Waals surface area contributed by atoms with Crippen LogP contribution < -0.4 is 10.2 Å². The Morgan fingerprint density at radius 3 is 2.45 bits per heavy atom. The molecule has 1 saturated carbocycles. The minimum absolute atomic E-state index is 0.0384. The predicted octanol–water partition coefficient (Wildman–Crippen LogP) is 5.60. The minimum atomic E-state index is -0.494. The third kappa shape index (κ3) is 8.48. The van der Waals surface area contributed by atoms with Crippen molar-refractivity contribution in [1.82, 2.24) is 9.80 Å². The Bertz CT molecular complexity index is 1220. The number of anilines is 2. The van der Waals surface area contributed by atoms with E-state index in [1.807, 2.05) is 49.8 Å². The molecule has 0 bridgehead atoms. The Morgan fingerprint density at radius 1 is 1.07 bits per heavy atom. The van der Waals surface area contributed by atoms with E-state index in [0.29, 0.717) is 19.0 Å². The average Bonchev–Trinajstić information content (AvgIpc) is 2.93. The van der Waals surface area contributed by atoms with Gasteiger partial charge in [0.2, 0.25) is 5.91 Å². The standard InChI is InChI=1S/C34H50N4O4/c1-24-20-31(15-12-28(24)23-37-17-18-38(25(2)22-37)33(41)42-34(3,4)5)36(6)32(40)27-10-13-29(14-11-27)35-30-9-7-8-26(21-30)16-19-39/h7-9,12,15,20-21,25,27,29,35,39H,10-11,13-14,16-19,22-23H2,1-6H3/t25-,27?,29?/m0/s1. The molecule has 2 fully saturated rings. The molecule has 230 valence electrons. The van der Waals surface area contributed by atoms with Crippen LogP contribution >= 0.6 is 0 Å². The first-order chi connectivity index (χ1) is 19.9. The Labute approximate surface area is 252 Å². The van der Waals surface area contributed by atoms with Crippen LogP contribution in [0.15, 0.2) is 42.5 Å². The summed E-state index contributed by atoms with van der Waals surface area (Å²) in [5.41, 5.74) is 5.07. The summed E-state index contributed by atoms with van der Waals surface area (Å²) in [6, 6.07) is 15.0. The molecule has 2 aromatic rings. The molecule has 2 amide bonds. The van der Waals surface area contributed by atoms with Crippen molar-refractivity contribution < 1.29 is 19.4 Å². The zero-order valence-corrected chi connectivity index (χ0v) is 26.4. The summed E-state index contributed by atoms with van der Waals surface area (Å²) >= 11 is 0. The molecule has 0 radical (unpaired) electrons. The van der Waals surface area contributed by atoms with Gasteiger partial charge in [-0.2, -0.15) is 0 Å². The lowest BCUT2D eigenvalue weighted by Crippen LogP contribution is -2.54. The summed E-state index contributed by atoms with van der Waals surface area (Å²) in [6.45, 7) is 13.1. The molecule has 1 saturated heterocycles. The maximum absolute atomic E-state index is 13.4. The van der Waals surface area contributed by atoms with Crippen LogP contribution in [0.1, 0.15) is 70.1 Å². The third-order valence-electron chi connectivity index (χ3n) is 8.55. The number of rotatable bonds is 8. The molecule has 2 aromatic carbocycles. The summed E-state index contributed by atoms with van der Waals surface area (Å²) in [5, 5.41) is 12.9. The van der Waals surface area contributed by atoms with Gasteiger partial charge in [-0.3, -0.25) is 9.69 Å². The van der Waals surface area contributed by atoms with Gasteiger partial charge >= 0.3 is 6.09 Å². The fourth-order valence-corrected chi connectivity index (χ4v) is 6.14. The highest BCUT2D eigenvalue weighted by molar-refractivity contribution is 5.94. The fourth-order valence-electron chi connectivity index (χ4n) is 6.14. The summed E-state index contributed by atoms with van der Waals surface area (Å²) in [5.74, 6) is 0.231. The van der Waals surface area contributed by atoms with Gasteiger partial charge in [0.15, 0.2) is 0 Å². The van der Waals surface area contributed by atoms with Gasteiger partial charge in [-0.05, 0) is 108 Å². The molecule has 1 atom stereocenters. The summed E-state index contributed by atoms with van der Waals surface area (Å²) < 4.78 is 5.59. The SMILES string of the molecule is Cc1cc(N(C)C(=O)C2CCC(Nc3cccc(CCO)c3)CC2)ccc1CN1CCN(C(=O)OC(C)(C)C)[C@@H](C)C1. The molecule has 1 heterocycles. The topological polar surface area (TPSA) is 85.4 Å². The van der Waals surface area contributed by atoms with Crippen LogP contribution in [0, 0.1) is 12.8 Å². The van der Waals surface area contributed by atoms with Gasteiger partial charge < -0.3 is 25.0 Å². The first-order valence-corrected chi connectivity index (χ1v) is 15.5. The number of ether oxygens (including phenoxy) is 1. The summed E-state index contributed by atoms with van der Waals surface area (Å²) in [6.07, 6.45) is 4.11. The number of aliphatic hydroxyl groups is 1. The lowest BCUT2D eigenvalue weighted by atomic mass is 9.85. The van der Waals surface area contributed by atoms with Crippen molar-refractivity contribution in [3.05, 3.63) is 59.2 Å². The van der Waals surface area contributed by atoms with E-state index in [0.717, 1.165) is 62.3 Å². The van der Waals surface area contributed by atoms with Crippen LogP contribution in [0.2, 0.25) is 0 Å². The molecule has 2 N–H and O–H groups in total. The highest BCUT2D eigenvalue weighted by Crippen LogP contribution is 2.30. The number of amides is 2. The molecule has 2 aliphatic rings. The molecular weight excluding hydrogens is 528 g/mol. The predicted molar refractivity (Wildman–Crippen MR) is 169 cm³/mol. The maximum atomic E-state index is 13.4. The van der Waals surface area contributed by atoms with Crippen molar-refractivity contribution in [2.24, 2.45) is 5.92 Å². The van der Waals surface area contributed by atoms with E-state index in [-0.39, 0.29) is 30.6 Å². The summed E-state index contributed by atoms with van der Waals surface area (Å²) in [7, 11) is 1.89. The van der Waals surface area contributed by atoms with E-state index in [1.165, 1.54) is 11.1 Å². The van der Waals surface area contributed by atoms with Gasteiger partial charge in [0.1, 0.15) is 5.60 Å². The van der Waals surface area contributed by atoms with E-state index < -0.39 is 5.60 Å². The van der Waals surface area contributed by atoms with Crippen LogP contribution in [-0.4, -0.2) is 77.9 Å². The largest absolute Gasteiger partial charge is 0.444 e. The van der Waals surface area contributed by atoms with E-state index in [2.05, 4.69) is 54.4 Å². The van der Waals surface area contributed by atoms with Gasteiger partial charge in [0.05, 0.1) is 0 Å². The lowest BCUT2D eigenvalue weighted by molar-refractivity contribution is -0.123. The van der Waals surface area contributed by atoms with E-state index in [9.17, 15) is 14.7 Å². The van der Waals surface area contributed by atoms with Gasteiger partial charge in [-0.1, -0.05) is 18.2 Å². The highest BCUT2D eigenvalue weighted by atomic mass is 16.6. The molecule has 8 nitrogen and oxygen atoms in total. The monoisotopic (exact) mass is 578 g/mol. The molecule has 4 rings (SSSR count). The lowest BCUT2D eigenvalue weighted by Gasteiger charge is -2.40. The summed E-state index contributed by atoms with van der Waals surface area (Å²) in [4.78, 5) is 32.1. The van der Waals surface area contributed by atoms with Gasteiger partial charge in [-0.15, -0.1) is 0 Å². The number of nitrogens with one attached hydrogen (secondary N) is 1. The number of aryl methyl sites for hydroxylation is 1. The Kier molecular flexibility index (Phi) is 10.5. The van der Waals surface area contributed by atoms with Crippen molar-refractivity contribution in [2.45, 2.75) is 91.0 Å². The fraction of sp³-hybridized carbons (Fsp3) is 0.588. The smallest absolute Gasteiger partial charge is 0.410 e. The molecule has 1 aliphatic heterocycles. The number of nitrogens with zero attached hydrogens (tertiary/aromatic N) is 3. The van der Waals surface area contributed by atoms with Gasteiger partial charge in [0.25, 0.3) is 0 Å². The number of aliphatic hydroxyl groups excluding tert-OH is 1. The van der Waals surface area contributed by atoms with Crippen LogP contribution in [0.4, 0.5) is 16.2 Å². The number of hydrogen-bond acceptors (Lipinski definition) is 6. The molecule has 42 heavy (non-hydrogen) atoms. The van der Waals surface area contributed by atoms with E-state index in [4.69, 9.17) is 4.74 Å². The second-order valence-electron chi connectivity index (χ2n) is 13.1. The maximum Gasteiger partial charge on any atom is 0.410 e. The molecule has 0 aromatic heterocycles. The van der Waals surface area contributed by atoms with Crippen molar-refractivity contribution in [3.63, 3.8) is 0 Å². The van der Waals surface area contributed by atoms with Crippen molar-refractivity contribution in [2.75, 3.05) is 43.5 Å². The third-order valence-corrected chi connectivity index (χ3v) is 8.55. The van der Waals surface area contributed by atoms with Crippen molar-refractivity contribution in [1.29, 1.82) is 0 Å². The van der Waals surface area contributed by atoms with E-state index in [1.54, 1.807) is 0 Å². The van der Waals surface area contributed by atoms with Gasteiger partial charge in [0, 0.05) is 69.2 Å². The number of piperazine rings is 1. The number of carbonyl (C=O) groups excluding carboxylic acids is 2. The normalized spacial score (nSPS) is 21.6. The quantitative estimate of drug-likeness (QED) is 0.424. The Morgan fingerprint density at radius 2 is 1.81 bits per heavy atom. The first kappa shape index (κ1) is 31.8. The number of benzene rings is 2. The second-order valence-corrected chi connectivity index (χ2v) is 13.1. The molecule has 0 unspecified atom stereocenters. The average molecular weight is 579 g/mol. The van der Waals surface area contributed by atoms with Crippen LogP contribution in [0.3, 0.4) is 0 Å². The second kappa shape index (κ2) is 13.9. The Balaban J connectivity index is 1.27. The molecule has 0 spiro atoms. The highest BCUT2D eigenvalue weighted by Gasteiger charge is 2.32. The number of hydrogen-bond donors (Lipinski definition) is 2. The molecular formula is C34H50N4O4. The molecule has 1 aliphatic carbocycles. The minimum Gasteiger partial charge on any atom is -0.444 e. The van der Waals surface area contributed by atoms with Crippen molar-refractivity contribution in [3.8, 4) is 0 Å². The first-order valence-electron chi connectivity index (χ1n) is 15.5. The zero-order valence-electron chi connectivity index (χ0n) is 26.4. The zero-order chi connectivity index (χ0) is 30.4. The van der Waals surface area contributed by atoms with Crippen LogP contribution in [0.25, 0.3) is 0 Å². The Hall–Kier alpha value is -3.10. The van der Waals surface area contributed by atoms with Crippen LogP contribution in [-0.2, 0) is 22.5 Å². The van der Waals surface area contributed by atoms with Gasteiger partial charge in [-0.25, -0.2) is 4.79 Å². The number of carbonyl (C=O) groups is 2.